The van der Waals surface area contributed by atoms with E-state index in [4.69, 9.17) is 9.47 Å². The van der Waals surface area contributed by atoms with E-state index in [0.29, 0.717) is 11.5 Å². The lowest BCUT2D eigenvalue weighted by atomic mass is 10.1. The normalized spacial score (nSPS) is 13.3. The molecule has 0 fully saturated rings. The van der Waals surface area contributed by atoms with Crippen molar-refractivity contribution in [3.8, 4) is 11.5 Å². The first-order chi connectivity index (χ1) is 11.4. The number of hydrogen-bond acceptors (Lipinski definition) is 3. The van der Waals surface area contributed by atoms with Crippen molar-refractivity contribution in [1.82, 2.24) is 0 Å². The Balaban J connectivity index is 1.67. The first kappa shape index (κ1) is 15.9. The molecule has 0 saturated heterocycles. The Bertz CT molecular complexity index is 783. The van der Waals surface area contributed by atoms with Crippen LogP contribution in [0.15, 0.2) is 42.5 Å². The number of carbonyl (C=O) groups is 1. The number of benzene rings is 2. The van der Waals surface area contributed by atoms with Gasteiger partial charge in [0, 0.05) is 5.69 Å². The van der Waals surface area contributed by atoms with Crippen molar-refractivity contribution < 1.29 is 27.4 Å². The van der Waals surface area contributed by atoms with Gasteiger partial charge in [0.05, 0.1) is 0 Å². The van der Waals surface area contributed by atoms with Crippen LogP contribution >= 0.6 is 0 Å². The van der Waals surface area contributed by atoms with E-state index in [-0.39, 0.29) is 12.5 Å². The summed E-state index contributed by atoms with van der Waals surface area (Å²) >= 11 is 0. The Hall–Kier alpha value is -2.96. The average molecular weight is 335 g/mol. The van der Waals surface area contributed by atoms with E-state index in [2.05, 4.69) is 0 Å². The maximum absolute atomic E-state index is 12.2. The van der Waals surface area contributed by atoms with E-state index < -0.39 is 12.1 Å². The molecule has 2 aromatic carbocycles. The highest BCUT2D eigenvalue weighted by atomic mass is 19.4. The first-order valence-corrected chi connectivity index (χ1v) is 6.98. The molecule has 0 spiro atoms. The lowest BCUT2D eigenvalue weighted by molar-refractivity contribution is -0.167. The van der Waals surface area contributed by atoms with Crippen molar-refractivity contribution in [2.24, 2.45) is 0 Å². The number of anilines is 1. The number of ether oxygens (including phenoxy) is 2. The van der Waals surface area contributed by atoms with Crippen LogP contribution in [0.25, 0.3) is 12.2 Å². The smallest absolute Gasteiger partial charge is 0.454 e. The number of amides is 1. The zero-order valence-electron chi connectivity index (χ0n) is 12.3. The van der Waals surface area contributed by atoms with E-state index in [1.54, 1.807) is 29.6 Å². The van der Waals surface area contributed by atoms with E-state index in [1.165, 1.54) is 12.1 Å². The summed E-state index contributed by atoms with van der Waals surface area (Å²) in [5.74, 6) is -0.634. The van der Waals surface area contributed by atoms with Gasteiger partial charge in [0.15, 0.2) is 11.5 Å². The summed E-state index contributed by atoms with van der Waals surface area (Å²) in [5, 5.41) is 1.79. The van der Waals surface area contributed by atoms with Gasteiger partial charge in [0.2, 0.25) is 6.79 Å². The highest BCUT2D eigenvalue weighted by Gasteiger charge is 2.38. The fourth-order valence-corrected chi connectivity index (χ4v) is 2.09. The van der Waals surface area contributed by atoms with Crippen molar-refractivity contribution in [3.05, 3.63) is 53.6 Å². The van der Waals surface area contributed by atoms with Crippen LogP contribution in [0.3, 0.4) is 0 Å². The third-order valence-corrected chi connectivity index (χ3v) is 3.29. The molecular formula is C17H12F3NO3. The average Bonchev–Trinajstić information content (AvgIpc) is 3.01. The molecule has 0 atom stereocenters. The Kier molecular flexibility index (Phi) is 4.16. The molecule has 0 unspecified atom stereocenters. The van der Waals surface area contributed by atoms with E-state index in [0.717, 1.165) is 11.1 Å². The molecule has 7 heteroatoms. The second-order valence-electron chi connectivity index (χ2n) is 5.02. The van der Waals surface area contributed by atoms with Gasteiger partial charge in [0.1, 0.15) is 0 Å². The van der Waals surface area contributed by atoms with Crippen LogP contribution in [0.1, 0.15) is 11.1 Å². The van der Waals surface area contributed by atoms with Crippen LogP contribution in [0.4, 0.5) is 18.9 Å². The molecular weight excluding hydrogens is 323 g/mol. The summed E-state index contributed by atoms with van der Waals surface area (Å²) in [6, 6.07) is 11.5. The predicted octanol–water partition coefficient (Wildman–Crippen LogP) is 4.09. The number of rotatable bonds is 3. The molecule has 0 bridgehead atoms. The summed E-state index contributed by atoms with van der Waals surface area (Å²) in [4.78, 5) is 10.9. The number of nitrogens with one attached hydrogen (secondary N) is 1. The lowest BCUT2D eigenvalue weighted by Crippen LogP contribution is -2.29. The van der Waals surface area contributed by atoms with Gasteiger partial charge in [-0.25, -0.2) is 0 Å². The molecule has 4 nitrogen and oxygen atoms in total. The van der Waals surface area contributed by atoms with Crippen molar-refractivity contribution in [1.29, 1.82) is 0 Å². The highest BCUT2D eigenvalue weighted by molar-refractivity contribution is 5.95. The molecule has 2 aromatic rings. The SMILES string of the molecule is O=C(Nc1ccc(/C=C/c2ccc3c(c2)OCO3)cc1)C(F)(F)F. The van der Waals surface area contributed by atoms with Crippen LogP contribution in [0.5, 0.6) is 11.5 Å². The van der Waals surface area contributed by atoms with Crippen molar-refractivity contribution in [2.75, 3.05) is 12.1 Å². The molecule has 0 saturated carbocycles. The summed E-state index contributed by atoms with van der Waals surface area (Å²) in [6.45, 7) is 0.202. The number of hydrogen-bond donors (Lipinski definition) is 1. The number of halogens is 3. The minimum Gasteiger partial charge on any atom is -0.454 e. The molecule has 1 amide bonds. The van der Waals surface area contributed by atoms with E-state index >= 15 is 0 Å². The van der Waals surface area contributed by atoms with Crippen LogP contribution in [-0.2, 0) is 4.79 Å². The topological polar surface area (TPSA) is 47.6 Å². The second kappa shape index (κ2) is 6.27. The zero-order valence-corrected chi connectivity index (χ0v) is 12.3. The molecule has 124 valence electrons. The minimum absolute atomic E-state index is 0.0811. The Labute approximate surface area is 135 Å². The third kappa shape index (κ3) is 3.68. The highest BCUT2D eigenvalue weighted by Crippen LogP contribution is 2.33. The molecule has 1 N–H and O–H groups in total. The van der Waals surface area contributed by atoms with Gasteiger partial charge >= 0.3 is 12.1 Å². The number of carbonyl (C=O) groups excluding carboxylic acids is 1. The largest absolute Gasteiger partial charge is 0.471 e. The summed E-state index contributed by atoms with van der Waals surface area (Å²) < 4.78 is 47.0. The Morgan fingerprint density at radius 1 is 0.958 bits per heavy atom. The van der Waals surface area contributed by atoms with Crippen LogP contribution in [0, 0.1) is 0 Å². The molecule has 1 aliphatic heterocycles. The molecule has 1 heterocycles. The monoisotopic (exact) mass is 335 g/mol. The zero-order chi connectivity index (χ0) is 17.2. The predicted molar refractivity (Wildman–Crippen MR) is 82.6 cm³/mol. The third-order valence-electron chi connectivity index (χ3n) is 3.29. The first-order valence-electron chi connectivity index (χ1n) is 6.98. The van der Waals surface area contributed by atoms with Gasteiger partial charge in [-0.05, 0) is 35.4 Å². The quantitative estimate of drug-likeness (QED) is 0.860. The van der Waals surface area contributed by atoms with Gasteiger partial charge in [-0.3, -0.25) is 4.79 Å². The van der Waals surface area contributed by atoms with Crippen molar-refractivity contribution in [3.63, 3.8) is 0 Å². The van der Waals surface area contributed by atoms with Gasteiger partial charge in [-0.2, -0.15) is 13.2 Å². The molecule has 0 radical (unpaired) electrons. The van der Waals surface area contributed by atoms with Crippen molar-refractivity contribution >= 4 is 23.7 Å². The fraction of sp³-hybridized carbons (Fsp3) is 0.118. The lowest BCUT2D eigenvalue weighted by Gasteiger charge is -2.07. The number of fused-ring (bicyclic) bond motifs is 1. The summed E-state index contributed by atoms with van der Waals surface area (Å²) in [7, 11) is 0. The van der Waals surface area contributed by atoms with Gasteiger partial charge in [-0.15, -0.1) is 0 Å². The molecule has 3 rings (SSSR count). The van der Waals surface area contributed by atoms with Crippen LogP contribution in [-0.4, -0.2) is 18.9 Å². The summed E-state index contributed by atoms with van der Waals surface area (Å²) in [5.41, 5.74) is 1.75. The maximum Gasteiger partial charge on any atom is 0.471 e. The van der Waals surface area contributed by atoms with Crippen molar-refractivity contribution in [2.45, 2.75) is 6.18 Å². The van der Waals surface area contributed by atoms with Gasteiger partial charge in [0.25, 0.3) is 0 Å². The number of alkyl halides is 3. The minimum atomic E-state index is -4.90. The van der Waals surface area contributed by atoms with Crippen LogP contribution < -0.4 is 14.8 Å². The molecule has 24 heavy (non-hydrogen) atoms. The van der Waals surface area contributed by atoms with Gasteiger partial charge < -0.3 is 14.8 Å². The Morgan fingerprint density at radius 2 is 1.58 bits per heavy atom. The van der Waals surface area contributed by atoms with Crippen LogP contribution in [0.2, 0.25) is 0 Å². The fourth-order valence-electron chi connectivity index (χ4n) is 2.09. The maximum atomic E-state index is 12.2. The standard InChI is InChI=1S/C17H12F3NO3/c18-17(19,20)16(22)21-13-6-3-11(4-7-13)1-2-12-5-8-14-15(9-12)24-10-23-14/h1-9H,10H2,(H,21,22)/b2-1+. The molecule has 1 aliphatic rings. The van der Waals surface area contributed by atoms with Gasteiger partial charge in [-0.1, -0.05) is 30.4 Å². The summed E-state index contributed by atoms with van der Waals surface area (Å²) in [6.07, 6.45) is -1.27. The second-order valence-corrected chi connectivity index (χ2v) is 5.02. The molecule has 0 aliphatic carbocycles. The van der Waals surface area contributed by atoms with E-state index in [9.17, 15) is 18.0 Å². The van der Waals surface area contributed by atoms with E-state index in [1.807, 2.05) is 18.2 Å². The molecule has 0 aromatic heterocycles. The Morgan fingerprint density at radius 3 is 2.29 bits per heavy atom.